The average molecular weight is 359 g/mol. The maximum atomic E-state index is 13.0. The van der Waals surface area contributed by atoms with Gasteiger partial charge < -0.3 is 5.73 Å². The van der Waals surface area contributed by atoms with E-state index in [1.807, 2.05) is 18.2 Å². The van der Waals surface area contributed by atoms with Crippen LogP contribution >= 0.6 is 15.9 Å². The van der Waals surface area contributed by atoms with Crippen molar-refractivity contribution in [3.05, 3.63) is 58.3 Å². The molecule has 0 aliphatic rings. The van der Waals surface area contributed by atoms with E-state index in [1.165, 1.54) is 6.07 Å². The highest BCUT2D eigenvalue weighted by molar-refractivity contribution is 9.10. The lowest BCUT2D eigenvalue weighted by atomic mass is 10.2. The van der Waals surface area contributed by atoms with Crippen LogP contribution in [-0.4, -0.2) is 8.42 Å². The molecule has 0 bridgehead atoms. The summed E-state index contributed by atoms with van der Waals surface area (Å²) in [7, 11) is -3.72. The maximum absolute atomic E-state index is 13.0. The smallest absolute Gasteiger partial charge is 0.240 e. The minimum absolute atomic E-state index is 0.0635. The number of hydrogen-bond acceptors (Lipinski definition) is 3. The predicted molar refractivity (Wildman–Crippen MR) is 79.0 cm³/mol. The summed E-state index contributed by atoms with van der Waals surface area (Å²) in [6.07, 6.45) is 0. The molecule has 2 aromatic rings. The normalized spacial score (nSPS) is 11.5. The molecule has 106 valence electrons. The van der Waals surface area contributed by atoms with Crippen LogP contribution < -0.4 is 10.5 Å². The monoisotopic (exact) mass is 358 g/mol. The lowest BCUT2D eigenvalue weighted by molar-refractivity contribution is 0.580. The second-order valence-electron chi connectivity index (χ2n) is 4.14. The minimum Gasteiger partial charge on any atom is -0.396 e. The van der Waals surface area contributed by atoms with E-state index in [2.05, 4.69) is 20.7 Å². The number of nitrogens with one attached hydrogen (secondary N) is 1. The second-order valence-corrected chi connectivity index (χ2v) is 6.82. The Labute approximate surface area is 125 Å². The lowest BCUT2D eigenvalue weighted by Gasteiger charge is -2.08. The van der Waals surface area contributed by atoms with Gasteiger partial charge in [0.25, 0.3) is 0 Å². The molecule has 20 heavy (non-hydrogen) atoms. The Hall–Kier alpha value is -1.44. The first-order valence-electron chi connectivity index (χ1n) is 5.67. The van der Waals surface area contributed by atoms with Crippen LogP contribution in [0.4, 0.5) is 10.1 Å². The van der Waals surface area contributed by atoms with Crippen molar-refractivity contribution >= 4 is 31.6 Å². The molecule has 0 heterocycles. The average Bonchev–Trinajstić information content (AvgIpc) is 2.40. The lowest BCUT2D eigenvalue weighted by Crippen LogP contribution is -2.23. The van der Waals surface area contributed by atoms with Crippen molar-refractivity contribution in [1.82, 2.24) is 4.72 Å². The molecule has 0 aliphatic carbocycles. The molecule has 0 spiro atoms. The van der Waals surface area contributed by atoms with Gasteiger partial charge in [-0.2, -0.15) is 0 Å². The predicted octanol–water partition coefficient (Wildman–Crippen LogP) is 2.65. The van der Waals surface area contributed by atoms with E-state index in [1.54, 1.807) is 6.07 Å². The highest BCUT2D eigenvalue weighted by atomic mass is 79.9. The van der Waals surface area contributed by atoms with Gasteiger partial charge in [-0.15, -0.1) is 0 Å². The third-order valence-electron chi connectivity index (χ3n) is 2.63. The molecule has 0 saturated carbocycles. The Balaban J connectivity index is 2.17. The summed E-state index contributed by atoms with van der Waals surface area (Å²) in [5, 5.41) is 0. The standard InChI is InChI=1S/C13H12BrFN2O2S/c14-10-3-1-2-9(6-10)8-17-20(18,19)11-4-5-12(15)13(16)7-11/h1-7,17H,8,16H2. The van der Waals surface area contributed by atoms with Crippen LogP contribution in [0.3, 0.4) is 0 Å². The summed E-state index contributed by atoms with van der Waals surface area (Å²) in [6, 6.07) is 10.6. The van der Waals surface area contributed by atoms with Crippen LogP contribution in [0.25, 0.3) is 0 Å². The van der Waals surface area contributed by atoms with Crippen molar-refractivity contribution in [3.63, 3.8) is 0 Å². The first kappa shape index (κ1) is 15.0. The number of benzene rings is 2. The molecule has 0 saturated heterocycles. The molecule has 0 atom stereocenters. The number of nitrogens with two attached hydrogens (primary N) is 1. The van der Waals surface area contributed by atoms with Gasteiger partial charge in [-0.05, 0) is 35.9 Å². The quantitative estimate of drug-likeness (QED) is 0.825. The number of hydrogen-bond donors (Lipinski definition) is 2. The topological polar surface area (TPSA) is 72.2 Å². The Morgan fingerprint density at radius 1 is 1.20 bits per heavy atom. The van der Waals surface area contributed by atoms with Gasteiger partial charge in [0.1, 0.15) is 5.82 Å². The van der Waals surface area contributed by atoms with Crippen molar-refractivity contribution < 1.29 is 12.8 Å². The molecular formula is C13H12BrFN2O2S. The van der Waals surface area contributed by atoms with Gasteiger partial charge in [0.2, 0.25) is 10.0 Å². The number of anilines is 1. The van der Waals surface area contributed by atoms with E-state index < -0.39 is 15.8 Å². The van der Waals surface area contributed by atoms with Crippen molar-refractivity contribution in [2.45, 2.75) is 11.4 Å². The first-order chi connectivity index (χ1) is 9.38. The van der Waals surface area contributed by atoms with E-state index in [9.17, 15) is 12.8 Å². The molecular weight excluding hydrogens is 347 g/mol. The molecule has 4 nitrogen and oxygen atoms in total. The highest BCUT2D eigenvalue weighted by Gasteiger charge is 2.15. The highest BCUT2D eigenvalue weighted by Crippen LogP contribution is 2.17. The van der Waals surface area contributed by atoms with Crippen LogP contribution in [0.2, 0.25) is 0 Å². The van der Waals surface area contributed by atoms with Crippen LogP contribution in [0, 0.1) is 5.82 Å². The largest absolute Gasteiger partial charge is 0.396 e. The Morgan fingerprint density at radius 2 is 1.95 bits per heavy atom. The maximum Gasteiger partial charge on any atom is 0.240 e. The van der Waals surface area contributed by atoms with Gasteiger partial charge in [-0.1, -0.05) is 28.1 Å². The zero-order valence-electron chi connectivity index (χ0n) is 10.3. The van der Waals surface area contributed by atoms with Crippen LogP contribution in [0.1, 0.15) is 5.56 Å². The molecule has 0 aromatic heterocycles. The summed E-state index contributed by atoms with van der Waals surface area (Å²) < 4.78 is 40.4. The molecule has 2 rings (SSSR count). The van der Waals surface area contributed by atoms with E-state index >= 15 is 0 Å². The van der Waals surface area contributed by atoms with E-state index in [4.69, 9.17) is 5.73 Å². The summed E-state index contributed by atoms with van der Waals surface area (Å²) >= 11 is 3.31. The Kier molecular flexibility index (Phi) is 4.42. The van der Waals surface area contributed by atoms with E-state index in [0.29, 0.717) is 0 Å². The summed E-state index contributed by atoms with van der Waals surface area (Å²) in [5.74, 6) is -0.643. The molecule has 3 N–H and O–H groups in total. The van der Waals surface area contributed by atoms with Gasteiger partial charge in [0.05, 0.1) is 10.6 Å². The van der Waals surface area contributed by atoms with Crippen molar-refractivity contribution in [3.8, 4) is 0 Å². The molecule has 0 amide bonds. The van der Waals surface area contributed by atoms with E-state index in [0.717, 1.165) is 22.2 Å². The first-order valence-corrected chi connectivity index (χ1v) is 7.95. The van der Waals surface area contributed by atoms with Gasteiger partial charge in [0.15, 0.2) is 0 Å². The van der Waals surface area contributed by atoms with Gasteiger partial charge in [-0.3, -0.25) is 0 Å². The fourth-order valence-corrected chi connectivity index (χ4v) is 3.10. The number of sulfonamides is 1. The van der Waals surface area contributed by atoms with Crippen molar-refractivity contribution in [2.75, 3.05) is 5.73 Å². The minimum atomic E-state index is -3.72. The molecule has 0 radical (unpaired) electrons. The molecule has 0 fully saturated rings. The molecule has 0 aliphatic heterocycles. The van der Waals surface area contributed by atoms with Gasteiger partial charge >= 0.3 is 0 Å². The number of nitrogen functional groups attached to an aromatic ring is 1. The SMILES string of the molecule is Nc1cc(S(=O)(=O)NCc2cccc(Br)c2)ccc1F. The fraction of sp³-hybridized carbons (Fsp3) is 0.0769. The van der Waals surface area contributed by atoms with Crippen molar-refractivity contribution in [1.29, 1.82) is 0 Å². The molecule has 0 unspecified atom stereocenters. The number of halogens is 2. The zero-order chi connectivity index (χ0) is 14.8. The van der Waals surface area contributed by atoms with E-state index in [-0.39, 0.29) is 17.1 Å². The van der Waals surface area contributed by atoms with Crippen LogP contribution in [-0.2, 0) is 16.6 Å². The Bertz CT molecular complexity index is 735. The Morgan fingerprint density at radius 3 is 2.60 bits per heavy atom. The molecule has 7 heteroatoms. The fourth-order valence-electron chi connectivity index (χ4n) is 1.60. The van der Waals surface area contributed by atoms with Crippen molar-refractivity contribution in [2.24, 2.45) is 0 Å². The second kappa shape index (κ2) is 5.90. The number of rotatable bonds is 4. The van der Waals surface area contributed by atoms with Gasteiger partial charge in [-0.25, -0.2) is 17.5 Å². The zero-order valence-corrected chi connectivity index (χ0v) is 12.7. The summed E-state index contributed by atoms with van der Waals surface area (Å²) in [5.41, 5.74) is 5.98. The third-order valence-corrected chi connectivity index (χ3v) is 4.53. The summed E-state index contributed by atoms with van der Waals surface area (Å²) in [4.78, 5) is -0.0635. The van der Waals surface area contributed by atoms with Crippen LogP contribution in [0.5, 0.6) is 0 Å². The van der Waals surface area contributed by atoms with Gasteiger partial charge in [0, 0.05) is 11.0 Å². The molecule has 2 aromatic carbocycles. The summed E-state index contributed by atoms with van der Waals surface area (Å²) in [6.45, 7) is 0.138. The van der Waals surface area contributed by atoms with Crippen LogP contribution in [0.15, 0.2) is 51.8 Å². The third kappa shape index (κ3) is 3.56.